The number of aromatic amines is 1. The zero-order valence-electron chi connectivity index (χ0n) is 6.90. The van der Waals surface area contributed by atoms with Crippen molar-refractivity contribution >= 4 is 40.6 Å². The van der Waals surface area contributed by atoms with Gasteiger partial charge in [-0.15, -0.1) is 0 Å². The predicted molar refractivity (Wildman–Crippen MR) is 54.8 cm³/mol. The van der Waals surface area contributed by atoms with Crippen LogP contribution in [0, 0.1) is 0 Å². The lowest BCUT2D eigenvalue weighted by Crippen LogP contribution is -2.19. The molecule has 0 atom stereocenters. The monoisotopic (exact) mass is 239 g/mol. The summed E-state index contributed by atoms with van der Waals surface area (Å²) in [5.74, 6) is -0.530. The van der Waals surface area contributed by atoms with Gasteiger partial charge < -0.3 is 4.98 Å². The lowest BCUT2D eigenvalue weighted by atomic mass is 10.3. The fourth-order valence-corrected chi connectivity index (χ4v) is 1.24. The van der Waals surface area contributed by atoms with Gasteiger partial charge in [-0.25, -0.2) is 0 Å². The summed E-state index contributed by atoms with van der Waals surface area (Å²) in [6, 6.07) is 3.41. The van der Waals surface area contributed by atoms with Gasteiger partial charge in [0.1, 0.15) is 0 Å². The lowest BCUT2D eigenvalue weighted by molar-refractivity contribution is 0.0992. The van der Waals surface area contributed by atoms with Gasteiger partial charge in [-0.1, -0.05) is 41.7 Å². The maximum Gasteiger partial charge on any atom is 0.254 e. The molecule has 0 saturated heterocycles. The Morgan fingerprint density at radius 3 is 2.46 bits per heavy atom. The topological polar surface area (TPSA) is 32.9 Å². The molecule has 5 heteroatoms. The van der Waals surface area contributed by atoms with E-state index in [9.17, 15) is 4.79 Å². The molecule has 0 aliphatic heterocycles. The molecule has 0 bridgehead atoms. The maximum absolute atomic E-state index is 11.4. The van der Waals surface area contributed by atoms with Crippen LogP contribution in [0.5, 0.6) is 0 Å². The highest BCUT2D eigenvalue weighted by molar-refractivity contribution is 6.77. The Morgan fingerprint density at radius 2 is 2.08 bits per heavy atom. The van der Waals surface area contributed by atoms with E-state index in [1.165, 1.54) is 0 Å². The van der Waals surface area contributed by atoms with Crippen molar-refractivity contribution in [3.63, 3.8) is 0 Å². The SMILES string of the molecule is CCc1ccc(C(=O)C(Cl)(Cl)Cl)[nH]1. The lowest BCUT2D eigenvalue weighted by Gasteiger charge is -2.06. The largest absolute Gasteiger partial charge is 0.356 e. The van der Waals surface area contributed by atoms with Gasteiger partial charge in [0.25, 0.3) is 3.79 Å². The summed E-state index contributed by atoms with van der Waals surface area (Å²) < 4.78 is -1.88. The molecule has 0 aromatic carbocycles. The maximum atomic E-state index is 11.4. The number of hydrogen-bond donors (Lipinski definition) is 1. The first-order valence-electron chi connectivity index (χ1n) is 3.74. The summed E-state index contributed by atoms with van der Waals surface area (Å²) in [7, 11) is 0. The molecule has 13 heavy (non-hydrogen) atoms. The van der Waals surface area contributed by atoms with Crippen molar-refractivity contribution in [1.29, 1.82) is 0 Å². The van der Waals surface area contributed by atoms with Crippen molar-refractivity contribution in [2.75, 3.05) is 0 Å². The Kier molecular flexibility index (Phi) is 3.28. The van der Waals surface area contributed by atoms with E-state index in [4.69, 9.17) is 34.8 Å². The van der Waals surface area contributed by atoms with Gasteiger partial charge in [-0.3, -0.25) is 4.79 Å². The molecule has 0 spiro atoms. The van der Waals surface area contributed by atoms with Crippen molar-refractivity contribution in [3.05, 3.63) is 23.5 Å². The number of Topliss-reactive ketones (excluding diaryl/α,β-unsaturated/α-hetero) is 1. The number of rotatable bonds is 2. The summed E-state index contributed by atoms with van der Waals surface area (Å²) in [4.78, 5) is 14.2. The summed E-state index contributed by atoms with van der Waals surface area (Å²) in [5.41, 5.74) is 1.27. The molecule has 0 unspecified atom stereocenters. The van der Waals surface area contributed by atoms with Crippen molar-refractivity contribution in [1.82, 2.24) is 4.98 Å². The first-order valence-corrected chi connectivity index (χ1v) is 4.88. The Morgan fingerprint density at radius 1 is 1.46 bits per heavy atom. The van der Waals surface area contributed by atoms with E-state index in [1.54, 1.807) is 12.1 Å². The van der Waals surface area contributed by atoms with Crippen LogP contribution in [-0.4, -0.2) is 14.6 Å². The normalized spacial score (nSPS) is 11.7. The Hall–Kier alpha value is -0.180. The number of nitrogens with one attached hydrogen (secondary N) is 1. The molecule has 1 rings (SSSR count). The zero-order chi connectivity index (χ0) is 10.1. The number of H-pyrrole nitrogens is 1. The molecule has 0 fully saturated rings. The Balaban J connectivity index is 2.90. The van der Waals surface area contributed by atoms with E-state index < -0.39 is 9.58 Å². The number of carbonyl (C=O) groups is 1. The number of alkyl halides is 3. The van der Waals surface area contributed by atoms with Crippen LogP contribution < -0.4 is 0 Å². The molecule has 0 radical (unpaired) electrons. The molecule has 72 valence electrons. The molecular weight excluding hydrogens is 232 g/mol. The summed E-state index contributed by atoms with van der Waals surface area (Å²) in [5, 5.41) is 0. The molecule has 0 aliphatic carbocycles. The highest BCUT2D eigenvalue weighted by Crippen LogP contribution is 2.30. The van der Waals surface area contributed by atoms with E-state index in [0.717, 1.165) is 12.1 Å². The summed E-state index contributed by atoms with van der Waals surface area (Å²) in [6.45, 7) is 1.97. The van der Waals surface area contributed by atoms with E-state index >= 15 is 0 Å². The van der Waals surface area contributed by atoms with E-state index in [2.05, 4.69) is 4.98 Å². The van der Waals surface area contributed by atoms with Crippen LogP contribution in [0.4, 0.5) is 0 Å². The van der Waals surface area contributed by atoms with Crippen LogP contribution in [0.2, 0.25) is 0 Å². The Labute approximate surface area is 91.2 Å². The van der Waals surface area contributed by atoms with Crippen molar-refractivity contribution in [2.24, 2.45) is 0 Å². The van der Waals surface area contributed by atoms with Crippen LogP contribution in [0.3, 0.4) is 0 Å². The van der Waals surface area contributed by atoms with Crippen LogP contribution >= 0.6 is 34.8 Å². The highest BCUT2D eigenvalue weighted by atomic mass is 35.6. The predicted octanol–water partition coefficient (Wildman–Crippen LogP) is 3.13. The van der Waals surface area contributed by atoms with Gasteiger partial charge in [-0.2, -0.15) is 0 Å². The van der Waals surface area contributed by atoms with Crippen molar-refractivity contribution in [2.45, 2.75) is 17.1 Å². The average molecular weight is 241 g/mol. The minimum absolute atomic E-state index is 0.330. The third-order valence-electron chi connectivity index (χ3n) is 1.63. The smallest absolute Gasteiger partial charge is 0.254 e. The fourth-order valence-electron chi connectivity index (χ4n) is 0.932. The third-order valence-corrected chi connectivity index (χ3v) is 2.14. The van der Waals surface area contributed by atoms with E-state index in [0.29, 0.717) is 5.69 Å². The molecule has 1 heterocycles. The van der Waals surface area contributed by atoms with Crippen LogP contribution in [-0.2, 0) is 6.42 Å². The molecule has 1 N–H and O–H groups in total. The van der Waals surface area contributed by atoms with E-state index in [-0.39, 0.29) is 0 Å². The van der Waals surface area contributed by atoms with Crippen LogP contribution in [0.15, 0.2) is 12.1 Å². The van der Waals surface area contributed by atoms with E-state index in [1.807, 2.05) is 6.92 Å². The number of halogens is 3. The van der Waals surface area contributed by atoms with Crippen LogP contribution in [0.25, 0.3) is 0 Å². The minimum Gasteiger partial charge on any atom is -0.356 e. The molecule has 0 saturated carbocycles. The van der Waals surface area contributed by atoms with Gasteiger partial charge in [0.2, 0.25) is 5.78 Å². The average Bonchev–Trinajstić information content (AvgIpc) is 2.48. The minimum atomic E-state index is -1.88. The van der Waals surface area contributed by atoms with Crippen LogP contribution in [0.1, 0.15) is 23.1 Å². The second-order valence-electron chi connectivity index (χ2n) is 2.58. The van der Waals surface area contributed by atoms with Gasteiger partial charge in [0, 0.05) is 5.69 Å². The molecule has 2 nitrogen and oxygen atoms in total. The number of ketones is 1. The van der Waals surface area contributed by atoms with Crippen molar-refractivity contribution in [3.8, 4) is 0 Å². The number of aryl methyl sites for hydroxylation is 1. The number of hydrogen-bond acceptors (Lipinski definition) is 1. The van der Waals surface area contributed by atoms with Gasteiger partial charge in [0.05, 0.1) is 5.69 Å². The molecule has 0 amide bonds. The number of aromatic nitrogens is 1. The van der Waals surface area contributed by atoms with Crippen molar-refractivity contribution < 1.29 is 4.79 Å². The molecular formula is C8H8Cl3NO. The van der Waals surface area contributed by atoms with Gasteiger partial charge in [0.15, 0.2) is 0 Å². The molecule has 1 aromatic heterocycles. The van der Waals surface area contributed by atoms with Gasteiger partial charge in [-0.05, 0) is 18.6 Å². The first-order chi connectivity index (χ1) is 5.95. The summed E-state index contributed by atoms with van der Waals surface area (Å²) >= 11 is 16.3. The first kappa shape index (κ1) is 10.9. The van der Waals surface area contributed by atoms with Gasteiger partial charge >= 0.3 is 0 Å². The quantitative estimate of drug-likeness (QED) is 0.625. The molecule has 1 aromatic rings. The zero-order valence-corrected chi connectivity index (χ0v) is 9.17. The standard InChI is InChI=1S/C8H8Cl3NO/c1-2-5-3-4-6(12-5)7(13)8(9,10)11/h3-4,12H,2H2,1H3. The second-order valence-corrected chi connectivity index (χ2v) is 4.86. The fraction of sp³-hybridized carbons (Fsp3) is 0.375. The summed E-state index contributed by atoms with van der Waals surface area (Å²) in [6.07, 6.45) is 0.813. The number of carbonyl (C=O) groups excluding carboxylic acids is 1. The Bertz CT molecular complexity index is 313. The second kappa shape index (κ2) is 3.91. The highest BCUT2D eigenvalue weighted by Gasteiger charge is 2.32. The third kappa shape index (κ3) is 2.63. The molecule has 0 aliphatic rings.